The molecular formula is C18H30N3O4S+. The SMILES string of the molecule is CC[C@@H](C)NS(=O)(=O)c1ccc(OCC(=O)N2CC[NH+](CC)CC2)cc1. The van der Waals surface area contributed by atoms with Crippen molar-refractivity contribution in [2.24, 2.45) is 0 Å². The molecule has 1 aromatic rings. The lowest BCUT2D eigenvalue weighted by Crippen LogP contribution is -3.14. The molecule has 1 fully saturated rings. The Bertz CT molecular complexity index is 683. The highest BCUT2D eigenvalue weighted by molar-refractivity contribution is 7.89. The smallest absolute Gasteiger partial charge is 0.260 e. The van der Waals surface area contributed by atoms with Crippen LogP contribution in [0.3, 0.4) is 0 Å². The molecule has 1 atom stereocenters. The molecule has 1 aliphatic rings. The highest BCUT2D eigenvalue weighted by Crippen LogP contribution is 2.16. The van der Waals surface area contributed by atoms with Crippen LogP contribution < -0.4 is 14.4 Å². The van der Waals surface area contributed by atoms with Gasteiger partial charge in [0, 0.05) is 6.04 Å². The summed E-state index contributed by atoms with van der Waals surface area (Å²) in [5, 5.41) is 0. The molecule has 0 aromatic heterocycles. The maximum atomic E-state index is 12.2. The zero-order valence-corrected chi connectivity index (χ0v) is 16.6. The van der Waals surface area contributed by atoms with Crippen molar-refractivity contribution in [3.63, 3.8) is 0 Å². The first-order valence-corrected chi connectivity index (χ1v) is 10.7. The summed E-state index contributed by atoms with van der Waals surface area (Å²) in [4.78, 5) is 15.8. The van der Waals surface area contributed by atoms with Crippen LogP contribution in [0, 0.1) is 0 Å². The van der Waals surface area contributed by atoms with E-state index in [4.69, 9.17) is 4.74 Å². The average molecular weight is 385 g/mol. The number of nitrogens with one attached hydrogen (secondary N) is 2. The molecule has 7 nitrogen and oxygen atoms in total. The summed E-state index contributed by atoms with van der Waals surface area (Å²) < 4.78 is 32.6. The van der Waals surface area contributed by atoms with E-state index in [-0.39, 0.29) is 23.5 Å². The van der Waals surface area contributed by atoms with Crippen LogP contribution in [0.25, 0.3) is 0 Å². The minimum atomic E-state index is -3.53. The molecule has 8 heteroatoms. The van der Waals surface area contributed by atoms with Gasteiger partial charge in [0.2, 0.25) is 10.0 Å². The van der Waals surface area contributed by atoms with Crippen LogP contribution in [0.15, 0.2) is 29.2 Å². The van der Waals surface area contributed by atoms with Crippen molar-refractivity contribution in [3.05, 3.63) is 24.3 Å². The lowest BCUT2D eigenvalue weighted by Gasteiger charge is -2.31. The first-order valence-electron chi connectivity index (χ1n) is 9.22. The van der Waals surface area contributed by atoms with Gasteiger partial charge >= 0.3 is 0 Å². The number of carbonyl (C=O) groups is 1. The second kappa shape index (κ2) is 9.34. The normalized spacial score (nSPS) is 17.1. The molecule has 0 unspecified atom stereocenters. The number of hydrogen-bond acceptors (Lipinski definition) is 4. The second-order valence-electron chi connectivity index (χ2n) is 6.68. The van der Waals surface area contributed by atoms with Gasteiger partial charge in [-0.2, -0.15) is 0 Å². The number of likely N-dealkylation sites (N-methyl/N-ethyl adjacent to an activating group) is 1. The van der Waals surface area contributed by atoms with Crippen LogP contribution in [0.5, 0.6) is 5.75 Å². The van der Waals surface area contributed by atoms with E-state index >= 15 is 0 Å². The quantitative estimate of drug-likeness (QED) is 0.655. The predicted octanol–water partition coefficient (Wildman–Crippen LogP) is -0.111. The third-order valence-electron chi connectivity index (χ3n) is 4.79. The Morgan fingerprint density at radius 1 is 1.23 bits per heavy atom. The number of nitrogens with zero attached hydrogens (tertiary/aromatic N) is 1. The fourth-order valence-electron chi connectivity index (χ4n) is 2.79. The van der Waals surface area contributed by atoms with E-state index in [9.17, 15) is 13.2 Å². The fraction of sp³-hybridized carbons (Fsp3) is 0.611. The molecule has 0 aliphatic carbocycles. The van der Waals surface area contributed by atoms with Gasteiger partial charge in [-0.15, -0.1) is 0 Å². The van der Waals surface area contributed by atoms with E-state index in [2.05, 4.69) is 11.6 Å². The summed E-state index contributed by atoms with van der Waals surface area (Å²) in [6.45, 7) is 10.4. The number of ether oxygens (including phenoxy) is 1. The number of sulfonamides is 1. The Hall–Kier alpha value is -1.64. The van der Waals surface area contributed by atoms with Gasteiger partial charge in [-0.25, -0.2) is 13.1 Å². The Morgan fingerprint density at radius 2 is 1.85 bits per heavy atom. The molecule has 2 N–H and O–H groups in total. The first kappa shape index (κ1) is 20.7. The van der Waals surface area contributed by atoms with Crippen LogP contribution >= 0.6 is 0 Å². The maximum Gasteiger partial charge on any atom is 0.260 e. The summed E-state index contributed by atoms with van der Waals surface area (Å²) in [6.07, 6.45) is 0.719. The molecule has 2 rings (SSSR count). The number of benzene rings is 1. The lowest BCUT2D eigenvalue weighted by atomic mass is 10.3. The van der Waals surface area contributed by atoms with Crippen molar-refractivity contribution in [1.82, 2.24) is 9.62 Å². The van der Waals surface area contributed by atoms with Crippen molar-refractivity contribution in [2.45, 2.75) is 38.1 Å². The van der Waals surface area contributed by atoms with E-state index < -0.39 is 10.0 Å². The molecule has 0 saturated carbocycles. The van der Waals surface area contributed by atoms with Gasteiger partial charge in [0.1, 0.15) is 5.75 Å². The molecule has 26 heavy (non-hydrogen) atoms. The monoisotopic (exact) mass is 384 g/mol. The summed E-state index contributed by atoms with van der Waals surface area (Å²) in [7, 11) is -3.53. The van der Waals surface area contributed by atoms with Crippen LogP contribution in [-0.2, 0) is 14.8 Å². The molecular weight excluding hydrogens is 354 g/mol. The Labute approximate surface area is 156 Å². The van der Waals surface area contributed by atoms with Gasteiger partial charge in [0.15, 0.2) is 6.61 Å². The Balaban J connectivity index is 1.86. The first-order chi connectivity index (χ1) is 12.4. The van der Waals surface area contributed by atoms with Crippen molar-refractivity contribution in [3.8, 4) is 5.75 Å². The van der Waals surface area contributed by atoms with E-state index in [1.165, 1.54) is 17.0 Å². The number of carbonyl (C=O) groups excluding carboxylic acids is 1. The van der Waals surface area contributed by atoms with Crippen molar-refractivity contribution in [1.29, 1.82) is 0 Å². The number of hydrogen-bond donors (Lipinski definition) is 2. The molecule has 1 amide bonds. The molecule has 146 valence electrons. The van der Waals surface area contributed by atoms with Crippen molar-refractivity contribution >= 4 is 15.9 Å². The van der Waals surface area contributed by atoms with Crippen LogP contribution in [0.1, 0.15) is 27.2 Å². The number of quaternary nitrogens is 1. The summed E-state index contributed by atoms with van der Waals surface area (Å²) in [5.41, 5.74) is 0. The number of rotatable bonds is 8. The third-order valence-corrected chi connectivity index (χ3v) is 6.39. The van der Waals surface area contributed by atoms with E-state index in [0.29, 0.717) is 5.75 Å². The average Bonchev–Trinajstić information content (AvgIpc) is 2.66. The van der Waals surface area contributed by atoms with Crippen LogP contribution in [-0.4, -0.2) is 64.6 Å². The minimum absolute atomic E-state index is 0.0291. The summed E-state index contributed by atoms with van der Waals surface area (Å²) in [5.74, 6) is 0.453. The summed E-state index contributed by atoms with van der Waals surface area (Å²) >= 11 is 0. The standard InChI is InChI=1S/C18H29N3O4S/c1-4-15(3)19-26(23,24)17-8-6-16(7-9-17)25-14-18(22)21-12-10-20(5-2)11-13-21/h6-9,15,19H,4-5,10-14H2,1-3H3/p+1/t15-/m1/s1. The van der Waals surface area contributed by atoms with Crippen molar-refractivity contribution < 1.29 is 22.8 Å². The second-order valence-corrected chi connectivity index (χ2v) is 8.39. The van der Waals surface area contributed by atoms with Crippen molar-refractivity contribution in [2.75, 3.05) is 39.3 Å². The Morgan fingerprint density at radius 3 is 2.38 bits per heavy atom. The van der Waals surface area contributed by atoms with Gasteiger partial charge in [-0.1, -0.05) is 6.92 Å². The number of amides is 1. The zero-order chi connectivity index (χ0) is 19.2. The van der Waals surface area contributed by atoms with Crippen LogP contribution in [0.2, 0.25) is 0 Å². The molecule has 0 spiro atoms. The lowest BCUT2D eigenvalue weighted by molar-refractivity contribution is -0.902. The summed E-state index contributed by atoms with van der Waals surface area (Å²) in [6, 6.07) is 6.03. The topological polar surface area (TPSA) is 80.1 Å². The van der Waals surface area contributed by atoms with E-state index in [1.807, 2.05) is 18.7 Å². The van der Waals surface area contributed by atoms with Gasteiger partial charge in [0.05, 0.1) is 37.6 Å². The third kappa shape index (κ3) is 5.69. The van der Waals surface area contributed by atoms with Crippen LogP contribution in [0.4, 0.5) is 0 Å². The molecule has 1 aliphatic heterocycles. The van der Waals surface area contributed by atoms with Gasteiger partial charge in [-0.3, -0.25) is 4.79 Å². The van der Waals surface area contributed by atoms with Gasteiger partial charge < -0.3 is 14.5 Å². The Kier molecular flexibility index (Phi) is 7.43. The highest BCUT2D eigenvalue weighted by Gasteiger charge is 2.23. The zero-order valence-electron chi connectivity index (χ0n) is 15.8. The van der Waals surface area contributed by atoms with Gasteiger partial charge in [0.25, 0.3) is 5.91 Å². The fourth-order valence-corrected chi connectivity index (χ4v) is 4.12. The van der Waals surface area contributed by atoms with E-state index in [0.717, 1.165) is 39.1 Å². The van der Waals surface area contributed by atoms with Gasteiger partial charge in [-0.05, 0) is 44.5 Å². The molecule has 0 radical (unpaired) electrons. The number of piperazine rings is 1. The molecule has 1 heterocycles. The maximum absolute atomic E-state index is 12.2. The predicted molar refractivity (Wildman–Crippen MR) is 99.8 cm³/mol. The molecule has 1 saturated heterocycles. The minimum Gasteiger partial charge on any atom is -0.484 e. The molecule has 1 aromatic carbocycles. The highest BCUT2D eigenvalue weighted by atomic mass is 32.2. The molecule has 0 bridgehead atoms. The largest absolute Gasteiger partial charge is 0.484 e. The van der Waals surface area contributed by atoms with E-state index in [1.54, 1.807) is 12.1 Å².